The molecule has 0 radical (unpaired) electrons. The topological polar surface area (TPSA) is 83.0 Å². The van der Waals surface area contributed by atoms with E-state index < -0.39 is 0 Å². The number of benzene rings is 2. The maximum atomic E-state index is 12.9. The van der Waals surface area contributed by atoms with E-state index in [0.717, 1.165) is 43.6 Å². The van der Waals surface area contributed by atoms with Crippen LogP contribution in [0.2, 0.25) is 0 Å². The minimum absolute atomic E-state index is 0.114. The number of piperidine rings is 1. The first-order valence-corrected chi connectivity index (χ1v) is 10.4. The molecular weight excluding hydrogens is 376 g/mol. The normalized spacial score (nSPS) is 21.1. The molecule has 1 fully saturated rings. The van der Waals surface area contributed by atoms with Crippen LogP contribution in [0, 0.1) is 5.92 Å². The molecule has 3 aliphatic heterocycles. The molecule has 6 rings (SSSR count). The maximum absolute atomic E-state index is 12.9. The smallest absolute Gasteiger partial charge is 0.168 e. The summed E-state index contributed by atoms with van der Waals surface area (Å²) in [5.41, 5.74) is 7.76. The Kier molecular flexibility index (Phi) is 5.11. The van der Waals surface area contributed by atoms with Gasteiger partial charge in [0.15, 0.2) is 11.6 Å². The molecule has 7 heteroatoms. The number of ketones is 1. The van der Waals surface area contributed by atoms with Crippen LogP contribution in [0.4, 0.5) is 17.3 Å². The number of anilines is 3. The van der Waals surface area contributed by atoms with Crippen LogP contribution in [0.1, 0.15) is 29.5 Å². The summed E-state index contributed by atoms with van der Waals surface area (Å²) in [5.74, 6) is 1.73. The first kappa shape index (κ1) is 18.7. The fourth-order valence-corrected chi connectivity index (χ4v) is 4.23. The van der Waals surface area contributed by atoms with E-state index in [1.807, 2.05) is 18.2 Å². The number of nitrogens with one attached hydrogen (secondary N) is 2. The Morgan fingerprint density at radius 3 is 2.37 bits per heavy atom. The fourth-order valence-electron chi connectivity index (χ4n) is 4.23. The van der Waals surface area contributed by atoms with Crippen LogP contribution < -0.4 is 10.7 Å². The molecule has 3 aliphatic rings. The quantitative estimate of drug-likeness (QED) is 0.599. The second kappa shape index (κ2) is 8.20. The van der Waals surface area contributed by atoms with Crippen LogP contribution in [0.3, 0.4) is 0 Å². The summed E-state index contributed by atoms with van der Waals surface area (Å²) >= 11 is 0. The number of Topliss-reactive ketones (excluding diaryl/α,β-unsaturated/α-hetero) is 1. The number of carbonyl (C=O) groups is 1. The molecule has 152 valence electrons. The van der Waals surface area contributed by atoms with Gasteiger partial charge in [-0.05, 0) is 53.3 Å². The molecule has 0 unspecified atom stereocenters. The lowest BCUT2D eigenvalue weighted by Gasteiger charge is -2.31. The van der Waals surface area contributed by atoms with Crippen molar-refractivity contribution in [3.8, 4) is 0 Å². The van der Waals surface area contributed by atoms with Crippen molar-refractivity contribution < 1.29 is 4.79 Å². The number of carbonyl (C=O) groups excluding carboxylic acids is 1. The molecule has 1 aromatic heterocycles. The molecule has 2 N–H and O–H groups in total. The van der Waals surface area contributed by atoms with E-state index in [1.54, 1.807) is 0 Å². The number of aromatic nitrogens is 3. The molecule has 30 heavy (non-hydrogen) atoms. The van der Waals surface area contributed by atoms with Crippen molar-refractivity contribution in [2.45, 2.75) is 25.7 Å². The molecule has 0 saturated carbocycles. The SMILES string of the molecule is O=C1Cc2cccc(c2)Cc2cccc(c2)Nc2cc(nnn2)NN2CCC1CC2. The Hall–Kier alpha value is -3.32. The minimum Gasteiger partial charge on any atom is -0.339 e. The second-order valence-electron chi connectivity index (χ2n) is 8.04. The summed E-state index contributed by atoms with van der Waals surface area (Å²) in [6.07, 6.45) is 3.01. The number of rotatable bonds is 0. The summed E-state index contributed by atoms with van der Waals surface area (Å²) in [7, 11) is 0. The third kappa shape index (κ3) is 4.31. The van der Waals surface area contributed by atoms with Crippen LogP contribution in [0.15, 0.2) is 54.6 Å². The Balaban J connectivity index is 1.48. The van der Waals surface area contributed by atoms with E-state index >= 15 is 0 Å². The Bertz CT molecular complexity index is 1060. The number of hydrogen-bond donors (Lipinski definition) is 2. The fraction of sp³-hybridized carbons (Fsp3) is 0.304. The monoisotopic (exact) mass is 400 g/mol. The highest BCUT2D eigenvalue weighted by Crippen LogP contribution is 2.23. The molecule has 0 spiro atoms. The first-order chi connectivity index (χ1) is 14.7. The highest BCUT2D eigenvalue weighted by atomic mass is 16.1. The largest absolute Gasteiger partial charge is 0.339 e. The lowest BCUT2D eigenvalue weighted by atomic mass is 9.89. The van der Waals surface area contributed by atoms with Crippen molar-refractivity contribution in [2.75, 3.05) is 23.8 Å². The predicted octanol–water partition coefficient (Wildman–Crippen LogP) is 3.37. The second-order valence-corrected chi connectivity index (χ2v) is 8.04. The molecule has 8 bridgehead atoms. The summed E-state index contributed by atoms with van der Waals surface area (Å²) in [6.45, 7) is 1.59. The van der Waals surface area contributed by atoms with Crippen LogP contribution in [-0.2, 0) is 17.6 Å². The Labute approximate surface area is 175 Å². The molecule has 3 aromatic rings. The number of fused-ring (bicyclic) bond motifs is 3. The third-order valence-corrected chi connectivity index (χ3v) is 5.78. The lowest BCUT2D eigenvalue weighted by Crippen LogP contribution is -2.40. The molecular formula is C23H24N6O. The van der Waals surface area contributed by atoms with Crippen molar-refractivity contribution in [1.82, 2.24) is 20.4 Å². The number of nitrogens with zero attached hydrogens (tertiary/aromatic N) is 4. The van der Waals surface area contributed by atoms with Gasteiger partial charge in [0.05, 0.1) is 0 Å². The molecule has 4 heterocycles. The van der Waals surface area contributed by atoms with Crippen LogP contribution >= 0.6 is 0 Å². The number of hydrazine groups is 1. The van der Waals surface area contributed by atoms with Crippen molar-refractivity contribution in [2.24, 2.45) is 5.92 Å². The Morgan fingerprint density at radius 1 is 0.833 bits per heavy atom. The van der Waals surface area contributed by atoms with Gasteiger partial charge < -0.3 is 10.7 Å². The van der Waals surface area contributed by atoms with E-state index in [2.05, 4.69) is 67.6 Å². The summed E-state index contributed by atoms with van der Waals surface area (Å²) < 4.78 is 0. The molecule has 0 amide bonds. The van der Waals surface area contributed by atoms with E-state index in [9.17, 15) is 4.79 Å². The van der Waals surface area contributed by atoms with E-state index in [0.29, 0.717) is 23.8 Å². The van der Waals surface area contributed by atoms with Gasteiger partial charge in [0.1, 0.15) is 5.78 Å². The van der Waals surface area contributed by atoms with Crippen molar-refractivity contribution >= 4 is 23.1 Å². The van der Waals surface area contributed by atoms with Gasteiger partial charge in [-0.1, -0.05) is 36.4 Å². The van der Waals surface area contributed by atoms with Crippen molar-refractivity contribution in [3.63, 3.8) is 0 Å². The van der Waals surface area contributed by atoms with E-state index in [4.69, 9.17) is 0 Å². The Morgan fingerprint density at radius 2 is 1.53 bits per heavy atom. The highest BCUT2D eigenvalue weighted by Gasteiger charge is 2.25. The number of hydrogen-bond acceptors (Lipinski definition) is 7. The van der Waals surface area contributed by atoms with E-state index in [-0.39, 0.29) is 5.92 Å². The highest BCUT2D eigenvalue weighted by molar-refractivity contribution is 5.83. The molecule has 1 saturated heterocycles. The molecule has 0 aliphatic carbocycles. The zero-order valence-corrected chi connectivity index (χ0v) is 16.7. The summed E-state index contributed by atoms with van der Waals surface area (Å²) in [5, 5.41) is 17.5. The average molecular weight is 400 g/mol. The van der Waals surface area contributed by atoms with Gasteiger partial charge in [-0.2, -0.15) is 0 Å². The molecule has 2 aromatic carbocycles. The lowest BCUT2D eigenvalue weighted by molar-refractivity contribution is -0.123. The van der Waals surface area contributed by atoms with E-state index in [1.165, 1.54) is 11.1 Å². The molecule has 7 nitrogen and oxygen atoms in total. The van der Waals surface area contributed by atoms with Gasteiger partial charge in [-0.3, -0.25) is 4.79 Å². The predicted molar refractivity (Wildman–Crippen MR) is 115 cm³/mol. The molecule has 0 atom stereocenters. The zero-order chi connectivity index (χ0) is 20.3. The van der Waals surface area contributed by atoms with Gasteiger partial charge in [-0.15, -0.1) is 10.2 Å². The summed E-state index contributed by atoms with van der Waals surface area (Å²) in [6, 6.07) is 18.5. The standard InChI is InChI=1S/C23H24N6O/c30-21-14-18-4-1-3-16(12-18)11-17-5-2-6-20(13-17)24-22-15-23(26-28-25-22)27-29-9-7-19(21)8-10-29/h1-6,12-13,15,19H,7-11,14H2,(H2,24,25,26,27). The first-order valence-electron chi connectivity index (χ1n) is 10.4. The minimum atomic E-state index is 0.114. The van der Waals surface area contributed by atoms with Crippen LogP contribution in [0.25, 0.3) is 0 Å². The maximum Gasteiger partial charge on any atom is 0.168 e. The van der Waals surface area contributed by atoms with Crippen molar-refractivity contribution in [1.29, 1.82) is 0 Å². The zero-order valence-electron chi connectivity index (χ0n) is 16.7. The summed E-state index contributed by atoms with van der Waals surface area (Å²) in [4.78, 5) is 12.9. The van der Waals surface area contributed by atoms with Gasteiger partial charge in [0.2, 0.25) is 0 Å². The van der Waals surface area contributed by atoms with Gasteiger partial charge in [-0.25, -0.2) is 5.01 Å². The van der Waals surface area contributed by atoms with Crippen LogP contribution in [-0.4, -0.2) is 39.3 Å². The van der Waals surface area contributed by atoms with Gasteiger partial charge in [0.25, 0.3) is 0 Å². The average Bonchev–Trinajstić information content (AvgIpc) is 2.74. The van der Waals surface area contributed by atoms with Gasteiger partial charge in [0, 0.05) is 37.2 Å². The van der Waals surface area contributed by atoms with Gasteiger partial charge >= 0.3 is 0 Å². The third-order valence-electron chi connectivity index (χ3n) is 5.78. The van der Waals surface area contributed by atoms with Crippen LogP contribution in [0.5, 0.6) is 0 Å². The van der Waals surface area contributed by atoms with Crippen molar-refractivity contribution in [3.05, 3.63) is 71.3 Å².